The van der Waals surface area contributed by atoms with E-state index >= 15 is 0 Å². The van der Waals surface area contributed by atoms with Crippen LogP contribution in [0, 0.1) is 5.92 Å². The van der Waals surface area contributed by atoms with Gasteiger partial charge in [-0.25, -0.2) is 0 Å². The van der Waals surface area contributed by atoms with E-state index in [2.05, 4.69) is 4.90 Å². The molecule has 3 aromatic carbocycles. The van der Waals surface area contributed by atoms with Crippen molar-refractivity contribution in [2.75, 3.05) is 19.6 Å². The molecule has 1 unspecified atom stereocenters. The Kier molecular flexibility index (Phi) is 8.56. The van der Waals surface area contributed by atoms with Crippen molar-refractivity contribution in [2.45, 2.75) is 56.7 Å². The number of likely N-dealkylation sites (tertiary alicyclic amines) is 1. The van der Waals surface area contributed by atoms with E-state index in [1.807, 2.05) is 60.7 Å². The summed E-state index contributed by atoms with van der Waals surface area (Å²) in [5, 5.41) is 43.2. The molecule has 3 aromatic rings. The van der Waals surface area contributed by atoms with Gasteiger partial charge >= 0.3 is 5.97 Å². The number of carboxylic acids is 1. The van der Waals surface area contributed by atoms with Gasteiger partial charge in [-0.05, 0) is 87.8 Å². The van der Waals surface area contributed by atoms with E-state index in [9.17, 15) is 25.2 Å². The van der Waals surface area contributed by atoms with E-state index in [0.29, 0.717) is 24.0 Å². The molecule has 0 aliphatic carbocycles. The van der Waals surface area contributed by atoms with Crippen molar-refractivity contribution in [1.29, 1.82) is 0 Å². The predicted molar refractivity (Wildman–Crippen MR) is 148 cm³/mol. The number of aliphatic hydroxyl groups is 2. The number of phenolic OH excluding ortho intramolecular Hbond substituents is 1. The highest BCUT2D eigenvalue weighted by Crippen LogP contribution is 2.42. The topological polar surface area (TPSA) is 101 Å². The van der Waals surface area contributed by atoms with E-state index in [1.54, 1.807) is 26.0 Å². The van der Waals surface area contributed by atoms with E-state index in [1.165, 1.54) is 6.07 Å². The molecule has 0 saturated carbocycles. The average Bonchev–Trinajstić information content (AvgIpc) is 2.93. The van der Waals surface area contributed by atoms with Gasteiger partial charge in [-0.15, -0.1) is 0 Å². The molecular formula is C32H39NO5. The van der Waals surface area contributed by atoms with Crippen LogP contribution in [0.15, 0.2) is 78.9 Å². The van der Waals surface area contributed by atoms with Gasteiger partial charge in [0.1, 0.15) is 11.4 Å². The number of carbonyl (C=O) groups is 1. The highest BCUT2D eigenvalue weighted by Gasteiger charge is 2.41. The molecule has 1 atom stereocenters. The van der Waals surface area contributed by atoms with Crippen LogP contribution < -0.4 is 0 Å². The van der Waals surface area contributed by atoms with Crippen LogP contribution in [0.2, 0.25) is 0 Å². The SMILES string of the molecule is CC(C)(C(=O)O)c1cccc(O)c1C(O)CCCN1CCC(C(O)(c2ccccc2)c2ccccc2)CC1. The van der Waals surface area contributed by atoms with Crippen molar-refractivity contribution < 1.29 is 25.2 Å². The molecule has 1 fully saturated rings. The summed E-state index contributed by atoms with van der Waals surface area (Å²) >= 11 is 0. The van der Waals surface area contributed by atoms with Crippen LogP contribution in [0.4, 0.5) is 0 Å². The molecule has 0 spiro atoms. The number of phenols is 1. The van der Waals surface area contributed by atoms with Crippen LogP contribution in [0.5, 0.6) is 5.75 Å². The summed E-state index contributed by atoms with van der Waals surface area (Å²) in [6, 6.07) is 24.6. The van der Waals surface area contributed by atoms with Crippen LogP contribution >= 0.6 is 0 Å². The lowest BCUT2D eigenvalue weighted by molar-refractivity contribution is -0.142. The fraction of sp³-hybridized carbons (Fsp3) is 0.406. The molecule has 0 amide bonds. The maximum Gasteiger partial charge on any atom is 0.313 e. The number of hydrogen-bond donors (Lipinski definition) is 4. The molecule has 4 N–H and O–H groups in total. The Labute approximate surface area is 225 Å². The van der Waals surface area contributed by atoms with Gasteiger partial charge in [0.25, 0.3) is 0 Å². The van der Waals surface area contributed by atoms with E-state index < -0.39 is 23.1 Å². The minimum Gasteiger partial charge on any atom is -0.508 e. The third kappa shape index (κ3) is 5.63. The van der Waals surface area contributed by atoms with Crippen LogP contribution in [-0.2, 0) is 15.8 Å². The zero-order valence-corrected chi connectivity index (χ0v) is 22.3. The summed E-state index contributed by atoms with van der Waals surface area (Å²) < 4.78 is 0. The predicted octanol–water partition coefficient (Wildman–Crippen LogP) is 5.22. The summed E-state index contributed by atoms with van der Waals surface area (Å²) in [5.74, 6) is -1.01. The Morgan fingerprint density at radius 2 is 1.47 bits per heavy atom. The van der Waals surface area contributed by atoms with Gasteiger partial charge in [0.2, 0.25) is 0 Å². The van der Waals surface area contributed by atoms with Gasteiger partial charge in [0.05, 0.1) is 11.5 Å². The Bertz CT molecular complexity index is 1160. The Balaban J connectivity index is 1.39. The van der Waals surface area contributed by atoms with Gasteiger partial charge in [0, 0.05) is 5.56 Å². The van der Waals surface area contributed by atoms with Crippen molar-refractivity contribution in [2.24, 2.45) is 5.92 Å². The number of nitrogens with zero attached hydrogens (tertiary/aromatic N) is 1. The van der Waals surface area contributed by atoms with Crippen molar-refractivity contribution in [1.82, 2.24) is 4.90 Å². The minimum atomic E-state index is -1.23. The van der Waals surface area contributed by atoms with E-state index in [-0.39, 0.29) is 11.7 Å². The lowest BCUT2D eigenvalue weighted by Crippen LogP contribution is -2.44. The fourth-order valence-electron chi connectivity index (χ4n) is 5.81. The Morgan fingerprint density at radius 3 is 2.00 bits per heavy atom. The molecule has 6 heteroatoms. The molecule has 4 rings (SSSR count). The van der Waals surface area contributed by atoms with Crippen LogP contribution in [-0.4, -0.2) is 50.9 Å². The number of carboxylic acid groups (broad SMARTS) is 1. The van der Waals surface area contributed by atoms with Crippen molar-refractivity contribution >= 4 is 5.97 Å². The largest absolute Gasteiger partial charge is 0.508 e. The van der Waals surface area contributed by atoms with E-state index in [4.69, 9.17) is 0 Å². The summed E-state index contributed by atoms with van der Waals surface area (Å²) in [4.78, 5) is 14.2. The summed E-state index contributed by atoms with van der Waals surface area (Å²) in [7, 11) is 0. The normalized spacial score (nSPS) is 16.3. The molecule has 0 radical (unpaired) electrons. The number of aliphatic carboxylic acids is 1. The number of hydrogen-bond acceptors (Lipinski definition) is 5. The number of rotatable bonds is 10. The van der Waals surface area contributed by atoms with Gasteiger partial charge < -0.3 is 25.3 Å². The third-order valence-electron chi connectivity index (χ3n) is 8.18. The first kappa shape index (κ1) is 27.8. The zero-order valence-electron chi connectivity index (χ0n) is 22.3. The molecule has 1 aliphatic heterocycles. The number of benzene rings is 3. The molecule has 1 aliphatic rings. The first-order chi connectivity index (χ1) is 18.2. The van der Waals surface area contributed by atoms with Gasteiger partial charge in [-0.1, -0.05) is 72.8 Å². The van der Waals surface area contributed by atoms with Gasteiger partial charge in [-0.2, -0.15) is 0 Å². The number of piperidine rings is 1. The van der Waals surface area contributed by atoms with Crippen molar-refractivity contribution in [3.63, 3.8) is 0 Å². The van der Waals surface area contributed by atoms with Gasteiger partial charge in [0.15, 0.2) is 0 Å². The zero-order chi connectivity index (χ0) is 27.3. The lowest BCUT2D eigenvalue weighted by atomic mass is 9.72. The molecule has 0 bridgehead atoms. The second-order valence-electron chi connectivity index (χ2n) is 10.9. The van der Waals surface area contributed by atoms with Crippen LogP contribution in [0.3, 0.4) is 0 Å². The molecule has 202 valence electrons. The summed E-state index contributed by atoms with van der Waals surface area (Å²) in [6.07, 6.45) is 1.86. The standard InChI is InChI=1S/C32H39NO5/c1-31(2,30(36)37)26-15-9-16-27(34)29(26)28(35)17-10-20-33-21-18-25(19-22-33)32(38,23-11-5-3-6-12-23)24-13-7-4-8-14-24/h3-9,11-16,25,28,34-35,38H,10,17-22H2,1-2H3,(H,36,37). The maximum absolute atomic E-state index is 12.1. The second kappa shape index (κ2) is 11.7. The second-order valence-corrected chi connectivity index (χ2v) is 10.9. The number of aliphatic hydroxyl groups excluding tert-OH is 1. The summed E-state index contributed by atoms with van der Waals surface area (Å²) in [6.45, 7) is 5.63. The number of aromatic hydroxyl groups is 1. The first-order valence-corrected chi connectivity index (χ1v) is 13.4. The fourth-order valence-corrected chi connectivity index (χ4v) is 5.81. The Morgan fingerprint density at radius 1 is 0.921 bits per heavy atom. The quantitative estimate of drug-likeness (QED) is 0.294. The molecule has 6 nitrogen and oxygen atoms in total. The summed E-state index contributed by atoms with van der Waals surface area (Å²) in [5.41, 5.74) is 0.272. The highest BCUT2D eigenvalue weighted by atomic mass is 16.4. The third-order valence-corrected chi connectivity index (χ3v) is 8.18. The first-order valence-electron chi connectivity index (χ1n) is 13.4. The lowest BCUT2D eigenvalue weighted by Gasteiger charge is -2.42. The molecule has 1 heterocycles. The molecule has 0 aromatic heterocycles. The molecule has 1 saturated heterocycles. The Hall–Kier alpha value is -3.19. The monoisotopic (exact) mass is 517 g/mol. The minimum absolute atomic E-state index is 0.0775. The smallest absolute Gasteiger partial charge is 0.313 e. The van der Waals surface area contributed by atoms with E-state index in [0.717, 1.165) is 43.6 Å². The molecule has 38 heavy (non-hydrogen) atoms. The van der Waals surface area contributed by atoms with Crippen LogP contribution in [0.25, 0.3) is 0 Å². The van der Waals surface area contributed by atoms with Crippen LogP contribution in [0.1, 0.15) is 67.9 Å². The van der Waals surface area contributed by atoms with Gasteiger partial charge in [-0.3, -0.25) is 4.79 Å². The molecular weight excluding hydrogens is 478 g/mol. The highest BCUT2D eigenvalue weighted by molar-refractivity contribution is 5.81. The average molecular weight is 518 g/mol. The maximum atomic E-state index is 12.1. The van der Waals surface area contributed by atoms with Crippen molar-refractivity contribution in [3.8, 4) is 5.75 Å². The van der Waals surface area contributed by atoms with Crippen molar-refractivity contribution in [3.05, 3.63) is 101 Å².